The lowest BCUT2D eigenvalue weighted by molar-refractivity contribution is -0.134. The molecule has 4 heterocycles. The topological polar surface area (TPSA) is 82.6 Å². The zero-order valence-electron chi connectivity index (χ0n) is 15.9. The van der Waals surface area contributed by atoms with Crippen molar-refractivity contribution in [3.05, 3.63) is 44.9 Å². The number of aromatic nitrogens is 1. The molecule has 1 aromatic carbocycles. The van der Waals surface area contributed by atoms with E-state index in [1.807, 2.05) is 0 Å². The number of fused-ring (bicyclic) bond motifs is 2. The van der Waals surface area contributed by atoms with Crippen LogP contribution in [-0.4, -0.2) is 54.7 Å². The first-order valence-electron chi connectivity index (χ1n) is 9.55. The van der Waals surface area contributed by atoms with Crippen molar-refractivity contribution in [2.24, 2.45) is 0 Å². The van der Waals surface area contributed by atoms with Crippen LogP contribution >= 0.6 is 34.3 Å². The van der Waals surface area contributed by atoms with Gasteiger partial charge in [-0.15, -0.1) is 22.7 Å². The number of nitrogens with zero attached hydrogens (tertiary/aromatic N) is 3. The van der Waals surface area contributed by atoms with Gasteiger partial charge in [0.2, 0.25) is 5.91 Å². The smallest absolute Gasteiger partial charge is 0.253 e. The molecule has 2 aliphatic heterocycles. The van der Waals surface area contributed by atoms with E-state index in [-0.39, 0.29) is 23.2 Å². The standard InChI is InChI=1S/C19H19ClN4O3S3/c20-13-2-1-12-7-19(29-16(12)8-13)30(26,27)24-6-5-23(18(25)11-24)10-17-22-14-9-21-4-3-15(14)28-17/h1-2,7-8,21H,3-6,9-11H2. The molecule has 0 spiro atoms. The van der Waals surface area contributed by atoms with E-state index in [4.69, 9.17) is 11.6 Å². The van der Waals surface area contributed by atoms with Crippen LogP contribution in [0.4, 0.5) is 0 Å². The minimum Gasteiger partial charge on any atom is -0.333 e. The maximum Gasteiger partial charge on any atom is 0.253 e. The molecule has 3 aromatic rings. The highest BCUT2D eigenvalue weighted by atomic mass is 35.5. The number of nitrogens with one attached hydrogen (secondary N) is 1. The Morgan fingerprint density at radius 3 is 2.87 bits per heavy atom. The van der Waals surface area contributed by atoms with Gasteiger partial charge in [0.25, 0.3) is 10.0 Å². The van der Waals surface area contributed by atoms with Crippen LogP contribution in [0, 0.1) is 0 Å². The molecule has 30 heavy (non-hydrogen) atoms. The third kappa shape index (κ3) is 3.76. The van der Waals surface area contributed by atoms with E-state index in [2.05, 4.69) is 10.3 Å². The molecule has 0 saturated carbocycles. The summed E-state index contributed by atoms with van der Waals surface area (Å²) in [7, 11) is -3.73. The van der Waals surface area contributed by atoms with Crippen LogP contribution in [-0.2, 0) is 34.3 Å². The zero-order valence-corrected chi connectivity index (χ0v) is 19.1. The normalized spacial score (nSPS) is 18.2. The van der Waals surface area contributed by atoms with Crippen molar-refractivity contribution in [1.82, 2.24) is 19.5 Å². The van der Waals surface area contributed by atoms with Crippen LogP contribution in [0.25, 0.3) is 10.1 Å². The summed E-state index contributed by atoms with van der Waals surface area (Å²) in [6.45, 7) is 2.64. The highest BCUT2D eigenvalue weighted by molar-refractivity contribution is 7.91. The van der Waals surface area contributed by atoms with Gasteiger partial charge in [-0.2, -0.15) is 4.31 Å². The lowest BCUT2D eigenvalue weighted by Gasteiger charge is -2.32. The summed E-state index contributed by atoms with van der Waals surface area (Å²) in [4.78, 5) is 20.3. The van der Waals surface area contributed by atoms with Crippen LogP contribution < -0.4 is 5.32 Å². The number of halogens is 1. The maximum absolute atomic E-state index is 13.1. The molecule has 1 N–H and O–H groups in total. The predicted octanol–water partition coefficient (Wildman–Crippen LogP) is 2.69. The average Bonchev–Trinajstić information content (AvgIpc) is 3.32. The summed E-state index contributed by atoms with van der Waals surface area (Å²) in [6, 6.07) is 6.95. The van der Waals surface area contributed by atoms with Gasteiger partial charge in [0.1, 0.15) is 9.22 Å². The number of thiophene rings is 1. The third-order valence-electron chi connectivity index (χ3n) is 5.31. The largest absolute Gasteiger partial charge is 0.333 e. The van der Waals surface area contributed by atoms with Gasteiger partial charge in [-0.05, 0) is 30.0 Å². The SMILES string of the molecule is O=C1CN(S(=O)(=O)c2cc3ccc(Cl)cc3s2)CCN1Cc1nc2c(s1)CCNC2. The van der Waals surface area contributed by atoms with Crippen LogP contribution in [0.2, 0.25) is 5.02 Å². The fourth-order valence-electron chi connectivity index (χ4n) is 3.70. The van der Waals surface area contributed by atoms with E-state index in [1.54, 1.807) is 40.5 Å². The quantitative estimate of drug-likeness (QED) is 0.618. The first-order chi connectivity index (χ1) is 14.4. The molecule has 0 atom stereocenters. The molecule has 0 unspecified atom stereocenters. The number of piperazine rings is 1. The Kier molecular flexibility index (Phi) is 5.32. The molecule has 11 heteroatoms. The van der Waals surface area contributed by atoms with Crippen molar-refractivity contribution in [1.29, 1.82) is 0 Å². The average molecular weight is 483 g/mol. The van der Waals surface area contributed by atoms with E-state index < -0.39 is 10.0 Å². The highest BCUT2D eigenvalue weighted by Crippen LogP contribution is 2.33. The molecule has 1 saturated heterocycles. The van der Waals surface area contributed by atoms with Crippen molar-refractivity contribution in [2.45, 2.75) is 23.7 Å². The van der Waals surface area contributed by atoms with E-state index >= 15 is 0 Å². The van der Waals surface area contributed by atoms with E-state index in [0.29, 0.717) is 18.1 Å². The summed E-state index contributed by atoms with van der Waals surface area (Å²) in [6.07, 6.45) is 0.966. The van der Waals surface area contributed by atoms with E-state index in [1.165, 1.54) is 20.5 Å². The number of hydrogen-bond donors (Lipinski definition) is 1. The van der Waals surface area contributed by atoms with Crippen LogP contribution in [0.1, 0.15) is 15.6 Å². The second-order valence-electron chi connectivity index (χ2n) is 7.31. The Morgan fingerprint density at radius 2 is 2.07 bits per heavy atom. The maximum atomic E-state index is 13.1. The molecule has 2 aliphatic rings. The number of rotatable bonds is 4. The summed E-state index contributed by atoms with van der Waals surface area (Å²) < 4.78 is 28.5. The lowest BCUT2D eigenvalue weighted by Crippen LogP contribution is -2.51. The summed E-state index contributed by atoms with van der Waals surface area (Å²) in [5.74, 6) is -0.194. The van der Waals surface area contributed by atoms with Gasteiger partial charge < -0.3 is 10.2 Å². The van der Waals surface area contributed by atoms with Gasteiger partial charge in [-0.25, -0.2) is 13.4 Å². The molecular formula is C19H19ClN4O3S3. The summed E-state index contributed by atoms with van der Waals surface area (Å²) in [5, 5.41) is 5.61. The molecule has 0 bridgehead atoms. The van der Waals surface area contributed by atoms with Crippen molar-refractivity contribution < 1.29 is 13.2 Å². The minimum absolute atomic E-state index is 0.149. The number of amides is 1. The fraction of sp³-hybridized carbons (Fsp3) is 0.368. The Morgan fingerprint density at radius 1 is 1.20 bits per heavy atom. The number of benzene rings is 1. The highest BCUT2D eigenvalue weighted by Gasteiger charge is 2.34. The zero-order chi connectivity index (χ0) is 20.9. The monoisotopic (exact) mass is 482 g/mol. The van der Waals surface area contributed by atoms with E-state index in [0.717, 1.165) is 40.3 Å². The van der Waals surface area contributed by atoms with Crippen molar-refractivity contribution in [3.63, 3.8) is 0 Å². The third-order valence-corrected chi connectivity index (χ3v) is 10.1. The number of hydrogen-bond acceptors (Lipinski definition) is 7. The Hall–Kier alpha value is -1.56. The molecule has 158 valence electrons. The molecule has 2 aromatic heterocycles. The number of carbonyl (C=O) groups excluding carboxylic acids is 1. The number of sulfonamides is 1. The summed E-state index contributed by atoms with van der Waals surface area (Å²) >= 11 is 8.85. The van der Waals surface area contributed by atoms with Crippen LogP contribution in [0.3, 0.4) is 0 Å². The van der Waals surface area contributed by atoms with Gasteiger partial charge in [0, 0.05) is 40.8 Å². The molecule has 7 nitrogen and oxygen atoms in total. The van der Waals surface area contributed by atoms with Crippen molar-refractivity contribution in [3.8, 4) is 0 Å². The molecular weight excluding hydrogens is 464 g/mol. The Balaban J connectivity index is 1.30. The fourth-order valence-corrected chi connectivity index (χ4v) is 8.01. The van der Waals surface area contributed by atoms with Gasteiger partial charge in [0.05, 0.1) is 18.8 Å². The molecule has 5 rings (SSSR count). The second kappa shape index (κ2) is 7.85. The minimum atomic E-state index is -3.73. The van der Waals surface area contributed by atoms with Gasteiger partial charge in [-0.3, -0.25) is 4.79 Å². The van der Waals surface area contributed by atoms with Crippen LogP contribution in [0.15, 0.2) is 28.5 Å². The Labute approximate surface area is 187 Å². The van der Waals surface area contributed by atoms with Crippen molar-refractivity contribution in [2.75, 3.05) is 26.2 Å². The molecule has 0 radical (unpaired) electrons. The Bertz CT molecular complexity index is 1210. The predicted molar refractivity (Wildman–Crippen MR) is 119 cm³/mol. The van der Waals surface area contributed by atoms with Gasteiger partial charge in [0.15, 0.2) is 0 Å². The number of thiazole rings is 1. The van der Waals surface area contributed by atoms with Crippen LogP contribution in [0.5, 0.6) is 0 Å². The molecule has 1 amide bonds. The lowest BCUT2D eigenvalue weighted by atomic mass is 10.2. The van der Waals surface area contributed by atoms with Crippen molar-refractivity contribution >= 4 is 60.3 Å². The van der Waals surface area contributed by atoms with Gasteiger partial charge in [-0.1, -0.05) is 17.7 Å². The van der Waals surface area contributed by atoms with E-state index in [9.17, 15) is 13.2 Å². The first kappa shape index (κ1) is 20.3. The van der Waals surface area contributed by atoms with Gasteiger partial charge >= 0.3 is 0 Å². The first-order valence-corrected chi connectivity index (χ1v) is 13.0. The molecule has 0 aliphatic carbocycles. The number of carbonyl (C=O) groups is 1. The second-order valence-corrected chi connectivity index (χ2v) is 12.2. The summed E-state index contributed by atoms with van der Waals surface area (Å²) in [5.41, 5.74) is 1.07. The molecule has 1 fully saturated rings.